The first-order valence-electron chi connectivity index (χ1n) is 7.29. The van der Waals surface area contributed by atoms with Crippen LogP contribution in [0.2, 0.25) is 0 Å². The maximum Gasteiger partial charge on any atom is 0.122 e. The Balaban J connectivity index is 1.78. The van der Waals surface area contributed by atoms with E-state index in [4.69, 9.17) is 10.8 Å². The molecule has 1 fully saturated rings. The molecule has 110 valence electrons. The molecule has 1 aliphatic rings. The standard InChI is InChI=1S/C16H25N3O/c1-4-9-19-10-7-14(8-11-19)17-13-15(18(2)3)16-6-5-12-20-16/h1,5-6,12,14-15,17H,7-11,13H2,2-3H3. The van der Waals surface area contributed by atoms with Crippen molar-refractivity contribution in [1.82, 2.24) is 15.1 Å². The second-order valence-corrected chi connectivity index (χ2v) is 5.66. The molecule has 4 nitrogen and oxygen atoms in total. The van der Waals surface area contributed by atoms with Crippen LogP contribution in [0.5, 0.6) is 0 Å². The van der Waals surface area contributed by atoms with Gasteiger partial charge < -0.3 is 9.73 Å². The molecule has 20 heavy (non-hydrogen) atoms. The molecular weight excluding hydrogens is 250 g/mol. The molecule has 0 aromatic carbocycles. The fraction of sp³-hybridized carbons (Fsp3) is 0.625. The Labute approximate surface area is 122 Å². The van der Waals surface area contributed by atoms with Gasteiger partial charge in [-0.1, -0.05) is 5.92 Å². The minimum Gasteiger partial charge on any atom is -0.468 e. The van der Waals surface area contributed by atoms with Crippen LogP contribution in [0.1, 0.15) is 24.6 Å². The summed E-state index contributed by atoms with van der Waals surface area (Å²) in [6.45, 7) is 3.88. The Morgan fingerprint density at radius 3 is 2.80 bits per heavy atom. The Morgan fingerprint density at radius 2 is 2.25 bits per heavy atom. The summed E-state index contributed by atoms with van der Waals surface area (Å²) in [5.41, 5.74) is 0. The topological polar surface area (TPSA) is 31.6 Å². The molecule has 2 heterocycles. The first kappa shape index (κ1) is 15.1. The quantitative estimate of drug-likeness (QED) is 0.799. The SMILES string of the molecule is C#CCN1CCC(NCC(c2ccco2)N(C)C)CC1. The number of nitrogens with zero attached hydrogens (tertiary/aromatic N) is 2. The molecule has 0 saturated carbocycles. The molecule has 0 spiro atoms. The van der Waals surface area contributed by atoms with Crippen LogP contribution in [-0.4, -0.2) is 56.1 Å². The molecule has 4 heteroatoms. The van der Waals surface area contributed by atoms with Crippen molar-refractivity contribution in [3.63, 3.8) is 0 Å². The second kappa shape index (κ2) is 7.49. The monoisotopic (exact) mass is 275 g/mol. The van der Waals surface area contributed by atoms with Gasteiger partial charge in [0.25, 0.3) is 0 Å². The van der Waals surface area contributed by atoms with Gasteiger partial charge in [0.15, 0.2) is 0 Å². The van der Waals surface area contributed by atoms with E-state index in [0.717, 1.165) is 31.9 Å². The number of likely N-dealkylation sites (tertiary alicyclic amines) is 1. The van der Waals surface area contributed by atoms with Crippen molar-refractivity contribution in [2.75, 3.05) is 40.3 Å². The molecule has 1 atom stereocenters. The second-order valence-electron chi connectivity index (χ2n) is 5.66. The van der Waals surface area contributed by atoms with E-state index < -0.39 is 0 Å². The van der Waals surface area contributed by atoms with Crippen LogP contribution in [0.3, 0.4) is 0 Å². The van der Waals surface area contributed by atoms with Crippen molar-refractivity contribution < 1.29 is 4.42 Å². The fourth-order valence-corrected chi connectivity index (χ4v) is 2.72. The Hall–Kier alpha value is -1.28. The van der Waals surface area contributed by atoms with Gasteiger partial charge in [-0.05, 0) is 39.1 Å². The van der Waals surface area contributed by atoms with Crippen molar-refractivity contribution in [1.29, 1.82) is 0 Å². The predicted molar refractivity (Wildman–Crippen MR) is 81.4 cm³/mol. The van der Waals surface area contributed by atoms with Crippen LogP contribution in [0.4, 0.5) is 0 Å². The summed E-state index contributed by atoms with van der Waals surface area (Å²) in [6, 6.07) is 4.86. The number of hydrogen-bond acceptors (Lipinski definition) is 4. The lowest BCUT2D eigenvalue weighted by Crippen LogP contribution is -2.44. The first-order valence-corrected chi connectivity index (χ1v) is 7.29. The Kier molecular flexibility index (Phi) is 5.66. The molecule has 2 rings (SSSR count). The van der Waals surface area contributed by atoms with Gasteiger partial charge >= 0.3 is 0 Å². The van der Waals surface area contributed by atoms with Gasteiger partial charge in [-0.3, -0.25) is 9.80 Å². The predicted octanol–water partition coefficient (Wildman–Crippen LogP) is 1.57. The van der Waals surface area contributed by atoms with Gasteiger partial charge in [-0.2, -0.15) is 0 Å². The number of likely N-dealkylation sites (N-methyl/N-ethyl adjacent to an activating group) is 1. The minimum absolute atomic E-state index is 0.286. The van der Waals surface area contributed by atoms with E-state index in [-0.39, 0.29) is 6.04 Å². The van der Waals surface area contributed by atoms with Crippen LogP contribution < -0.4 is 5.32 Å². The molecule has 1 aromatic heterocycles. The summed E-state index contributed by atoms with van der Waals surface area (Å²) < 4.78 is 5.53. The smallest absolute Gasteiger partial charge is 0.122 e. The van der Waals surface area contributed by atoms with Crippen molar-refractivity contribution in [2.24, 2.45) is 0 Å². The highest BCUT2D eigenvalue weighted by Gasteiger charge is 2.21. The third-order valence-corrected chi connectivity index (χ3v) is 4.00. The molecule has 0 aliphatic carbocycles. The van der Waals surface area contributed by atoms with Crippen LogP contribution in [0, 0.1) is 12.3 Å². The number of hydrogen-bond donors (Lipinski definition) is 1. The highest BCUT2D eigenvalue weighted by atomic mass is 16.3. The first-order chi connectivity index (χ1) is 9.70. The van der Waals surface area contributed by atoms with Crippen molar-refractivity contribution in [3.8, 4) is 12.3 Å². The number of terminal acetylenes is 1. The van der Waals surface area contributed by atoms with E-state index in [2.05, 4.69) is 35.1 Å². The third-order valence-electron chi connectivity index (χ3n) is 4.00. The minimum atomic E-state index is 0.286. The van der Waals surface area contributed by atoms with Gasteiger partial charge in [0.1, 0.15) is 5.76 Å². The summed E-state index contributed by atoms with van der Waals surface area (Å²) in [7, 11) is 4.18. The van der Waals surface area contributed by atoms with E-state index in [1.165, 1.54) is 12.8 Å². The summed E-state index contributed by atoms with van der Waals surface area (Å²) in [4.78, 5) is 4.54. The lowest BCUT2D eigenvalue weighted by atomic mass is 10.0. The fourth-order valence-electron chi connectivity index (χ4n) is 2.72. The molecule has 0 amide bonds. The van der Waals surface area contributed by atoms with Gasteiger partial charge in [0, 0.05) is 25.7 Å². The van der Waals surface area contributed by atoms with Crippen molar-refractivity contribution in [3.05, 3.63) is 24.2 Å². The van der Waals surface area contributed by atoms with E-state index in [1.807, 2.05) is 12.1 Å². The summed E-state index contributed by atoms with van der Waals surface area (Å²) in [6.07, 6.45) is 9.43. The lowest BCUT2D eigenvalue weighted by Gasteiger charge is -2.32. The number of nitrogens with one attached hydrogen (secondary N) is 1. The maximum atomic E-state index is 5.53. The van der Waals surface area contributed by atoms with E-state index in [1.54, 1.807) is 6.26 Å². The van der Waals surface area contributed by atoms with E-state index in [9.17, 15) is 0 Å². The number of piperidine rings is 1. The van der Waals surface area contributed by atoms with Gasteiger partial charge in [0.2, 0.25) is 0 Å². The summed E-state index contributed by atoms with van der Waals surface area (Å²) >= 11 is 0. The number of rotatable bonds is 6. The summed E-state index contributed by atoms with van der Waals surface area (Å²) in [5.74, 6) is 3.74. The van der Waals surface area contributed by atoms with Crippen LogP contribution in [0.15, 0.2) is 22.8 Å². The zero-order valence-electron chi connectivity index (χ0n) is 12.5. The molecule has 1 unspecified atom stereocenters. The van der Waals surface area contributed by atoms with Crippen molar-refractivity contribution in [2.45, 2.75) is 24.9 Å². The lowest BCUT2D eigenvalue weighted by molar-refractivity contribution is 0.197. The zero-order chi connectivity index (χ0) is 14.4. The van der Waals surface area contributed by atoms with Crippen LogP contribution >= 0.6 is 0 Å². The maximum absolute atomic E-state index is 5.53. The Morgan fingerprint density at radius 1 is 1.50 bits per heavy atom. The van der Waals surface area contributed by atoms with Crippen molar-refractivity contribution >= 4 is 0 Å². The molecule has 1 aromatic rings. The van der Waals surface area contributed by atoms with Crippen LogP contribution in [0.25, 0.3) is 0 Å². The van der Waals surface area contributed by atoms with E-state index in [0.29, 0.717) is 6.04 Å². The molecule has 1 aliphatic heterocycles. The average Bonchev–Trinajstić information content (AvgIpc) is 2.95. The summed E-state index contributed by atoms with van der Waals surface area (Å²) in [5, 5.41) is 3.67. The molecule has 0 bridgehead atoms. The van der Waals surface area contributed by atoms with Gasteiger partial charge in [-0.15, -0.1) is 6.42 Å². The third kappa shape index (κ3) is 4.11. The normalized spacial score (nSPS) is 19.1. The molecule has 1 saturated heterocycles. The average molecular weight is 275 g/mol. The molecular formula is C16H25N3O. The van der Waals surface area contributed by atoms with Gasteiger partial charge in [0.05, 0.1) is 18.8 Å². The Bertz CT molecular complexity index is 413. The molecule has 0 radical (unpaired) electrons. The van der Waals surface area contributed by atoms with Crippen LogP contribution in [-0.2, 0) is 0 Å². The highest BCUT2D eigenvalue weighted by Crippen LogP contribution is 2.19. The van der Waals surface area contributed by atoms with E-state index >= 15 is 0 Å². The molecule has 1 N–H and O–H groups in total. The zero-order valence-corrected chi connectivity index (χ0v) is 12.5. The largest absolute Gasteiger partial charge is 0.468 e. The highest BCUT2D eigenvalue weighted by molar-refractivity contribution is 5.05. The number of furan rings is 1. The van der Waals surface area contributed by atoms with Gasteiger partial charge in [-0.25, -0.2) is 0 Å².